The number of azo groups is 1. The number of anilines is 3. The molecular weight excluding hydrogens is 770 g/mol. The molecule has 1 aliphatic rings. The SMILES string of the molecule is O=S(=O)(O)c1cc(Nc2nc(F)nc(N3CCOCC3)n2)c2c(O)c(N=Nc3ccc(S(=O)(=O)CCOSOOO)cc3)c(S(=O)(=O)O)cc2c1. The second kappa shape index (κ2) is 15.6. The van der Waals surface area contributed by atoms with Crippen LogP contribution in [0.5, 0.6) is 5.75 Å². The van der Waals surface area contributed by atoms with Crippen molar-refractivity contribution in [2.45, 2.75) is 14.7 Å². The van der Waals surface area contributed by atoms with Crippen LogP contribution in [-0.4, -0.2) is 98.3 Å². The van der Waals surface area contributed by atoms with Gasteiger partial charge in [0.2, 0.25) is 11.9 Å². The quantitative estimate of drug-likeness (QED) is 0.0306. The molecule has 51 heavy (non-hydrogen) atoms. The van der Waals surface area contributed by atoms with E-state index in [-0.39, 0.29) is 51.9 Å². The Morgan fingerprint density at radius 3 is 2.29 bits per heavy atom. The normalized spacial score (nSPS) is 14.4. The summed E-state index contributed by atoms with van der Waals surface area (Å²) in [7, 11) is -14.1. The molecule has 274 valence electrons. The molecule has 4 aromatic rings. The van der Waals surface area contributed by atoms with Crippen LogP contribution >= 0.6 is 12.3 Å². The van der Waals surface area contributed by atoms with Gasteiger partial charge < -0.3 is 20.1 Å². The number of nitrogens with zero attached hydrogens (tertiary/aromatic N) is 6. The molecule has 0 bridgehead atoms. The fraction of sp³-hybridized carbons (Fsp3) is 0.240. The van der Waals surface area contributed by atoms with Gasteiger partial charge in [0.15, 0.2) is 27.9 Å². The fourth-order valence-electron chi connectivity index (χ4n) is 4.58. The van der Waals surface area contributed by atoms with Crippen LogP contribution in [0.4, 0.5) is 33.3 Å². The lowest BCUT2D eigenvalue weighted by molar-refractivity contribution is -0.434. The number of phenols is 1. The number of aromatic hydroxyl groups is 1. The molecule has 3 aromatic carbocycles. The molecule has 0 spiro atoms. The standard InChI is InChI=1S/C25H24FN7O14S4/c26-23-28-24(30-25(29-23)33-5-7-44-8-6-33)27-18-13-17(50(38,39)40)11-14-12-19(51(41,42)43)21(22(34)20(14)18)32-31-15-1-3-16(4-2-15)49(36,37)10-9-45-48-47-46-35/h1-4,11-13,34-35H,5-10H2,(H,38,39,40)(H,41,42,43)(H,27,28,29,30). The predicted octanol–water partition coefficient (Wildman–Crippen LogP) is 3.13. The Morgan fingerprint density at radius 1 is 0.941 bits per heavy atom. The van der Waals surface area contributed by atoms with Gasteiger partial charge in [-0.15, -0.1) is 9.45 Å². The molecule has 1 fully saturated rings. The number of hydrogen-bond acceptors (Lipinski definition) is 20. The summed E-state index contributed by atoms with van der Waals surface area (Å²) in [6.45, 7) is 0.869. The van der Waals surface area contributed by atoms with Crippen molar-refractivity contribution in [3.63, 3.8) is 0 Å². The zero-order valence-electron chi connectivity index (χ0n) is 25.3. The van der Waals surface area contributed by atoms with Crippen molar-refractivity contribution in [2.75, 3.05) is 48.9 Å². The summed E-state index contributed by atoms with van der Waals surface area (Å²) in [5.41, 5.74) is -1.28. The number of morpholine rings is 1. The van der Waals surface area contributed by atoms with E-state index >= 15 is 0 Å². The van der Waals surface area contributed by atoms with Crippen LogP contribution in [0.25, 0.3) is 10.8 Å². The van der Waals surface area contributed by atoms with Crippen molar-refractivity contribution >= 4 is 82.1 Å². The van der Waals surface area contributed by atoms with Crippen molar-refractivity contribution in [2.24, 2.45) is 10.2 Å². The van der Waals surface area contributed by atoms with Crippen LogP contribution in [0.15, 0.2) is 67.4 Å². The molecule has 0 atom stereocenters. The third-order valence-electron chi connectivity index (χ3n) is 6.84. The lowest BCUT2D eigenvalue weighted by Gasteiger charge is -2.26. The first-order valence-electron chi connectivity index (χ1n) is 13.9. The largest absolute Gasteiger partial charge is 0.505 e. The second-order valence-corrected chi connectivity index (χ2v) is 15.5. The van der Waals surface area contributed by atoms with Crippen molar-refractivity contribution < 1.29 is 67.4 Å². The summed E-state index contributed by atoms with van der Waals surface area (Å²) >= 11 is 0.193. The molecule has 0 unspecified atom stereocenters. The minimum atomic E-state index is -5.20. The monoisotopic (exact) mass is 793 g/mol. The Morgan fingerprint density at radius 2 is 1.65 bits per heavy atom. The summed E-state index contributed by atoms with van der Waals surface area (Å²) in [4.78, 5) is 10.9. The van der Waals surface area contributed by atoms with Crippen LogP contribution < -0.4 is 10.2 Å². The van der Waals surface area contributed by atoms with Crippen LogP contribution in [0.3, 0.4) is 0 Å². The molecule has 1 saturated heterocycles. The van der Waals surface area contributed by atoms with Gasteiger partial charge in [0, 0.05) is 18.5 Å². The van der Waals surface area contributed by atoms with E-state index in [1.165, 1.54) is 12.1 Å². The molecule has 5 rings (SSSR count). The highest BCUT2D eigenvalue weighted by molar-refractivity contribution is 7.91. The number of sulfone groups is 1. The van der Waals surface area contributed by atoms with Crippen molar-refractivity contribution in [3.05, 3.63) is 48.5 Å². The summed E-state index contributed by atoms with van der Waals surface area (Å²) in [5, 5.41) is 32.2. The zero-order valence-corrected chi connectivity index (χ0v) is 28.6. The number of rotatable bonds is 14. The molecule has 1 aliphatic heterocycles. The van der Waals surface area contributed by atoms with Crippen LogP contribution in [0.2, 0.25) is 0 Å². The lowest BCUT2D eigenvalue weighted by atomic mass is 10.1. The molecule has 0 amide bonds. The first-order chi connectivity index (χ1) is 24.1. The van der Waals surface area contributed by atoms with Crippen molar-refractivity contribution in [3.8, 4) is 5.75 Å². The number of phenolic OH excluding ortho intramolecular Hbond substituents is 1. The zero-order chi connectivity index (χ0) is 37.0. The summed E-state index contributed by atoms with van der Waals surface area (Å²) in [5.74, 6) is -2.07. The summed E-state index contributed by atoms with van der Waals surface area (Å²) in [6, 6.07) is 7.00. The summed E-state index contributed by atoms with van der Waals surface area (Å²) < 4.78 is 123. The lowest BCUT2D eigenvalue weighted by Crippen LogP contribution is -2.37. The number of nitrogens with one attached hydrogen (secondary N) is 1. The van der Waals surface area contributed by atoms with E-state index < -0.39 is 69.1 Å². The highest BCUT2D eigenvalue weighted by Crippen LogP contribution is 2.45. The first kappa shape index (κ1) is 38.0. The number of benzene rings is 3. The molecule has 0 aliphatic carbocycles. The summed E-state index contributed by atoms with van der Waals surface area (Å²) in [6.07, 6.45) is -1.23. The molecular formula is C25H24FN7O14S4. The maximum Gasteiger partial charge on any atom is 0.315 e. The van der Waals surface area contributed by atoms with E-state index in [4.69, 9.17) is 14.2 Å². The minimum absolute atomic E-state index is 0.0496. The van der Waals surface area contributed by atoms with E-state index in [0.717, 1.165) is 30.3 Å². The first-order valence-corrected chi connectivity index (χ1v) is 19.1. The van der Waals surface area contributed by atoms with E-state index in [2.05, 4.69) is 39.9 Å². The predicted molar refractivity (Wildman–Crippen MR) is 172 cm³/mol. The van der Waals surface area contributed by atoms with Gasteiger partial charge in [-0.2, -0.15) is 41.3 Å². The van der Waals surface area contributed by atoms with E-state index in [9.17, 15) is 43.9 Å². The van der Waals surface area contributed by atoms with Gasteiger partial charge in [-0.25, -0.2) is 13.7 Å². The molecule has 2 heterocycles. The van der Waals surface area contributed by atoms with Crippen LogP contribution in [-0.2, 0) is 48.4 Å². The molecule has 0 radical (unpaired) electrons. The molecule has 26 heteroatoms. The number of hydrogen-bond donors (Lipinski definition) is 5. The average molecular weight is 794 g/mol. The third kappa shape index (κ3) is 9.37. The van der Waals surface area contributed by atoms with Gasteiger partial charge in [0.1, 0.15) is 10.6 Å². The molecule has 21 nitrogen and oxygen atoms in total. The number of halogens is 1. The number of aromatic nitrogens is 3. The second-order valence-electron chi connectivity index (χ2n) is 10.1. The van der Waals surface area contributed by atoms with Gasteiger partial charge in [-0.1, -0.05) is 5.04 Å². The average Bonchev–Trinajstić information content (AvgIpc) is 3.07. The van der Waals surface area contributed by atoms with Gasteiger partial charge in [-0.3, -0.25) is 13.3 Å². The van der Waals surface area contributed by atoms with E-state index in [0.29, 0.717) is 26.3 Å². The maximum absolute atomic E-state index is 14.5. The minimum Gasteiger partial charge on any atom is -0.505 e. The highest BCUT2D eigenvalue weighted by Gasteiger charge is 2.26. The van der Waals surface area contributed by atoms with E-state index in [1.54, 1.807) is 4.90 Å². The third-order valence-corrected chi connectivity index (χ3v) is 10.6. The van der Waals surface area contributed by atoms with Crippen molar-refractivity contribution in [1.82, 2.24) is 15.0 Å². The van der Waals surface area contributed by atoms with E-state index in [1.807, 2.05) is 0 Å². The van der Waals surface area contributed by atoms with Crippen molar-refractivity contribution in [1.29, 1.82) is 0 Å². The molecule has 0 saturated carbocycles. The Bertz CT molecular complexity index is 2290. The highest BCUT2D eigenvalue weighted by atomic mass is 32.2. The number of ether oxygens (including phenoxy) is 1. The Balaban J connectivity index is 1.56. The van der Waals surface area contributed by atoms with Gasteiger partial charge >= 0.3 is 6.08 Å². The van der Waals surface area contributed by atoms with Crippen LogP contribution in [0.1, 0.15) is 0 Å². The van der Waals surface area contributed by atoms with Gasteiger partial charge in [0.05, 0.1) is 46.7 Å². The Kier molecular flexibility index (Phi) is 11.6. The Hall–Kier alpha value is -4.22. The van der Waals surface area contributed by atoms with Crippen LogP contribution in [0, 0.1) is 6.08 Å². The molecule has 1 aromatic heterocycles. The Labute approximate surface area is 291 Å². The number of fused-ring (bicyclic) bond motifs is 1. The topological polar surface area (TPSA) is 299 Å². The van der Waals surface area contributed by atoms with Gasteiger partial charge in [-0.05, 0) is 47.9 Å². The van der Waals surface area contributed by atoms with Gasteiger partial charge in [0.25, 0.3) is 20.2 Å². The maximum atomic E-state index is 14.5. The molecule has 5 N–H and O–H groups in total. The fourth-order valence-corrected chi connectivity index (χ4v) is 7.19. The smallest absolute Gasteiger partial charge is 0.315 e.